The third-order valence-corrected chi connectivity index (χ3v) is 2.64. The van der Waals surface area contributed by atoms with Crippen molar-refractivity contribution in [3.8, 4) is 0 Å². The summed E-state index contributed by atoms with van der Waals surface area (Å²) in [5.74, 6) is -1.56. The average Bonchev–Trinajstić information content (AvgIpc) is 2.37. The Morgan fingerprint density at radius 2 is 1.89 bits per heavy atom. The van der Waals surface area contributed by atoms with Gasteiger partial charge in [-0.25, -0.2) is 4.79 Å². The normalized spacial score (nSPS) is 14.3. The van der Waals surface area contributed by atoms with Crippen LogP contribution in [0.4, 0.5) is 13.2 Å². The van der Waals surface area contributed by atoms with Crippen molar-refractivity contribution in [1.29, 1.82) is 0 Å². The molecule has 1 rings (SSSR count). The summed E-state index contributed by atoms with van der Waals surface area (Å²) in [5, 5.41) is 1.56. The number of rotatable bonds is 5. The Morgan fingerprint density at radius 1 is 1.32 bits per heavy atom. The minimum Gasteiger partial charge on any atom is -0.467 e. The lowest BCUT2D eigenvalue weighted by Gasteiger charge is -2.32. The fourth-order valence-corrected chi connectivity index (χ4v) is 1.66. The van der Waals surface area contributed by atoms with Gasteiger partial charge in [-0.3, -0.25) is 4.79 Å². The zero-order chi connectivity index (χ0) is 14.5. The second kappa shape index (κ2) is 5.73. The molecule has 0 saturated heterocycles. The highest BCUT2D eigenvalue weighted by Crippen LogP contribution is 2.34. The summed E-state index contributed by atoms with van der Waals surface area (Å²) in [7, 11) is 0.834. The number of amides is 1. The molecular formula is C12H12F3NO3. The molecule has 0 saturated carbocycles. The van der Waals surface area contributed by atoms with Crippen LogP contribution < -0.4 is 5.32 Å². The van der Waals surface area contributed by atoms with Crippen LogP contribution in [0.3, 0.4) is 0 Å². The van der Waals surface area contributed by atoms with Gasteiger partial charge in [0, 0.05) is 6.42 Å². The summed E-state index contributed by atoms with van der Waals surface area (Å²) in [6, 6.07) is 7.55. The van der Waals surface area contributed by atoms with Crippen molar-refractivity contribution in [3.05, 3.63) is 35.9 Å². The minimum atomic E-state index is -4.98. The Bertz CT molecular complexity index is 447. The molecule has 104 valence electrons. The minimum absolute atomic E-state index is 0.159. The fraction of sp³-hybridized carbons (Fsp3) is 0.333. The van der Waals surface area contributed by atoms with Crippen molar-refractivity contribution < 1.29 is 27.5 Å². The van der Waals surface area contributed by atoms with E-state index in [4.69, 9.17) is 0 Å². The number of methoxy groups -OCH3 is 1. The lowest BCUT2D eigenvalue weighted by Crippen LogP contribution is -2.64. The number of halogens is 3. The van der Waals surface area contributed by atoms with Crippen molar-refractivity contribution in [1.82, 2.24) is 5.32 Å². The summed E-state index contributed by atoms with van der Waals surface area (Å²) in [5.41, 5.74) is -2.83. The molecule has 0 unspecified atom stereocenters. The van der Waals surface area contributed by atoms with Gasteiger partial charge in [-0.05, 0) is 5.56 Å². The molecule has 0 aliphatic rings. The maximum absolute atomic E-state index is 13.2. The van der Waals surface area contributed by atoms with Crippen LogP contribution in [0, 0.1) is 0 Å². The second-order valence-electron chi connectivity index (χ2n) is 3.82. The molecule has 1 amide bonds. The van der Waals surface area contributed by atoms with Gasteiger partial charge in [0.15, 0.2) is 0 Å². The summed E-state index contributed by atoms with van der Waals surface area (Å²) in [6.07, 6.45) is -5.87. The number of hydrogen-bond acceptors (Lipinski definition) is 3. The molecule has 0 bridgehead atoms. The van der Waals surface area contributed by atoms with Crippen LogP contribution in [-0.2, 0) is 20.7 Å². The lowest BCUT2D eigenvalue weighted by atomic mass is 9.90. The van der Waals surface area contributed by atoms with Crippen molar-refractivity contribution in [2.45, 2.75) is 18.1 Å². The van der Waals surface area contributed by atoms with E-state index in [9.17, 15) is 22.8 Å². The smallest absolute Gasteiger partial charge is 0.422 e. The summed E-state index contributed by atoms with van der Waals surface area (Å²) in [6.45, 7) is 0. The van der Waals surface area contributed by atoms with Crippen molar-refractivity contribution in [3.63, 3.8) is 0 Å². The number of benzene rings is 1. The Hall–Kier alpha value is -2.05. The maximum Gasteiger partial charge on any atom is 0.422 e. The molecule has 0 fully saturated rings. The van der Waals surface area contributed by atoms with Crippen molar-refractivity contribution in [2.24, 2.45) is 0 Å². The predicted molar refractivity (Wildman–Crippen MR) is 60.1 cm³/mol. The highest BCUT2D eigenvalue weighted by atomic mass is 19.4. The fourth-order valence-electron chi connectivity index (χ4n) is 1.66. The zero-order valence-electron chi connectivity index (χ0n) is 10.0. The molecule has 1 N–H and O–H groups in total. The highest BCUT2D eigenvalue weighted by Gasteiger charge is 2.61. The molecule has 0 aromatic heterocycles. The van der Waals surface area contributed by atoms with E-state index in [1.54, 1.807) is 11.4 Å². The largest absolute Gasteiger partial charge is 0.467 e. The van der Waals surface area contributed by atoms with E-state index >= 15 is 0 Å². The summed E-state index contributed by atoms with van der Waals surface area (Å²) in [4.78, 5) is 22.0. The number of carbonyl (C=O) groups excluding carboxylic acids is 2. The van der Waals surface area contributed by atoms with E-state index in [1.165, 1.54) is 24.3 Å². The first-order valence-electron chi connectivity index (χ1n) is 5.28. The molecule has 4 nitrogen and oxygen atoms in total. The van der Waals surface area contributed by atoms with Crippen LogP contribution in [-0.4, -0.2) is 31.2 Å². The summed E-state index contributed by atoms with van der Waals surface area (Å²) >= 11 is 0. The molecule has 0 aliphatic carbocycles. The highest BCUT2D eigenvalue weighted by molar-refractivity contribution is 5.84. The van der Waals surface area contributed by atoms with Crippen molar-refractivity contribution >= 4 is 12.4 Å². The average molecular weight is 275 g/mol. The van der Waals surface area contributed by atoms with E-state index in [-0.39, 0.29) is 12.0 Å². The first-order valence-corrected chi connectivity index (χ1v) is 5.28. The van der Waals surface area contributed by atoms with Crippen LogP contribution >= 0.6 is 0 Å². The van der Waals surface area contributed by atoms with Gasteiger partial charge in [-0.1, -0.05) is 30.3 Å². The Labute approximate surface area is 107 Å². The van der Waals surface area contributed by atoms with Gasteiger partial charge < -0.3 is 10.1 Å². The van der Waals surface area contributed by atoms with Crippen LogP contribution in [0.15, 0.2) is 30.3 Å². The van der Waals surface area contributed by atoms with E-state index < -0.39 is 24.1 Å². The van der Waals surface area contributed by atoms with E-state index in [0.717, 1.165) is 7.11 Å². The molecule has 0 aliphatic heterocycles. The van der Waals surface area contributed by atoms with Crippen molar-refractivity contribution in [2.75, 3.05) is 7.11 Å². The molecule has 19 heavy (non-hydrogen) atoms. The predicted octanol–water partition coefficient (Wildman–Crippen LogP) is 1.45. The maximum atomic E-state index is 13.2. The molecular weight excluding hydrogens is 263 g/mol. The summed E-state index contributed by atoms with van der Waals surface area (Å²) < 4.78 is 43.7. The standard InChI is InChI=1S/C12H12F3NO3/c1-19-10(18)11(16-8-17,12(13,14)15)7-9-5-3-2-4-6-9/h2-6,8H,7H2,1H3,(H,16,17)/t11-/m0/s1. The number of hydrogen-bond donors (Lipinski definition) is 1. The van der Waals surface area contributed by atoms with Crippen LogP contribution in [0.1, 0.15) is 5.56 Å². The van der Waals surface area contributed by atoms with Gasteiger partial charge in [0.25, 0.3) is 0 Å². The van der Waals surface area contributed by atoms with Gasteiger partial charge in [0.05, 0.1) is 7.11 Å². The van der Waals surface area contributed by atoms with Crippen LogP contribution in [0.5, 0.6) is 0 Å². The Balaban J connectivity index is 3.23. The number of nitrogens with one attached hydrogen (secondary N) is 1. The quantitative estimate of drug-likeness (QED) is 0.653. The molecule has 0 spiro atoms. The number of carbonyl (C=O) groups is 2. The third kappa shape index (κ3) is 3.04. The van der Waals surface area contributed by atoms with Gasteiger partial charge >= 0.3 is 12.1 Å². The SMILES string of the molecule is COC(=O)[C@](Cc1ccccc1)(NC=O)C(F)(F)F. The molecule has 1 aromatic carbocycles. The van der Waals surface area contributed by atoms with Gasteiger partial charge in [0.1, 0.15) is 0 Å². The molecule has 1 aromatic rings. The monoisotopic (exact) mass is 275 g/mol. The number of alkyl halides is 3. The topological polar surface area (TPSA) is 55.4 Å². The zero-order valence-corrected chi connectivity index (χ0v) is 10.0. The van der Waals surface area contributed by atoms with Gasteiger partial charge in [0.2, 0.25) is 11.9 Å². The van der Waals surface area contributed by atoms with E-state index in [2.05, 4.69) is 4.74 Å². The first kappa shape index (κ1) is 15.0. The van der Waals surface area contributed by atoms with Gasteiger partial charge in [-0.2, -0.15) is 13.2 Å². The number of esters is 1. The lowest BCUT2D eigenvalue weighted by molar-refractivity contribution is -0.211. The molecule has 1 atom stereocenters. The third-order valence-electron chi connectivity index (χ3n) is 2.64. The molecule has 0 radical (unpaired) electrons. The molecule has 0 heterocycles. The van der Waals surface area contributed by atoms with E-state index in [0.29, 0.717) is 0 Å². The first-order chi connectivity index (χ1) is 8.87. The van der Waals surface area contributed by atoms with E-state index in [1.807, 2.05) is 0 Å². The van der Waals surface area contributed by atoms with Crippen LogP contribution in [0.2, 0.25) is 0 Å². The Morgan fingerprint density at radius 3 is 2.32 bits per heavy atom. The van der Waals surface area contributed by atoms with Crippen LogP contribution in [0.25, 0.3) is 0 Å². The molecule has 7 heteroatoms. The van der Waals surface area contributed by atoms with Gasteiger partial charge in [-0.15, -0.1) is 0 Å². The Kier molecular flexibility index (Phi) is 4.52. The number of ether oxygens (including phenoxy) is 1. The second-order valence-corrected chi connectivity index (χ2v) is 3.82.